The molecule has 190 valence electrons. The highest BCUT2D eigenvalue weighted by Crippen LogP contribution is 2.38. The van der Waals surface area contributed by atoms with Gasteiger partial charge < -0.3 is 0 Å². The summed E-state index contributed by atoms with van der Waals surface area (Å²) in [5.41, 5.74) is 11.8. The van der Waals surface area contributed by atoms with Gasteiger partial charge in [0.25, 0.3) is 0 Å². The Labute approximate surface area is 234 Å². The summed E-state index contributed by atoms with van der Waals surface area (Å²) >= 11 is 0. The first-order valence-corrected chi connectivity index (χ1v) is 14.8. The van der Waals surface area contributed by atoms with E-state index in [2.05, 4.69) is 109 Å². The van der Waals surface area contributed by atoms with Gasteiger partial charge in [0.05, 0.1) is 0 Å². The Hall–Kier alpha value is -4.42. The molecule has 3 aliphatic carbocycles. The van der Waals surface area contributed by atoms with Crippen LogP contribution >= 0.6 is 0 Å². The van der Waals surface area contributed by atoms with Crippen LogP contribution in [0.4, 0.5) is 0 Å². The predicted molar refractivity (Wildman–Crippen MR) is 171 cm³/mol. The summed E-state index contributed by atoms with van der Waals surface area (Å²) in [6.45, 7) is 0. The highest BCUT2D eigenvalue weighted by molar-refractivity contribution is 6.12. The normalized spacial score (nSPS) is 15.7. The van der Waals surface area contributed by atoms with Crippen LogP contribution < -0.4 is 10.4 Å². The predicted octanol–water partition coefficient (Wildman–Crippen LogP) is 8.50. The molecule has 6 aromatic carbocycles. The molecule has 40 heavy (non-hydrogen) atoms. The fourth-order valence-electron chi connectivity index (χ4n) is 7.86. The van der Waals surface area contributed by atoms with E-state index in [1.807, 2.05) is 0 Å². The molecule has 0 saturated heterocycles. The van der Waals surface area contributed by atoms with E-state index in [-0.39, 0.29) is 0 Å². The van der Waals surface area contributed by atoms with Crippen LogP contribution in [0.1, 0.15) is 52.6 Å². The van der Waals surface area contributed by atoms with Gasteiger partial charge in [-0.05, 0) is 132 Å². The van der Waals surface area contributed by atoms with Crippen molar-refractivity contribution >= 4 is 55.6 Å². The van der Waals surface area contributed by atoms with Crippen molar-refractivity contribution in [3.8, 4) is 0 Å². The number of hydrogen-bond acceptors (Lipinski definition) is 0. The Morgan fingerprint density at radius 2 is 1.35 bits per heavy atom. The topological polar surface area (TPSA) is 0 Å². The molecule has 6 aromatic rings. The largest absolute Gasteiger partial charge is 0.0763 e. The lowest BCUT2D eigenvalue weighted by atomic mass is 9.79. The van der Waals surface area contributed by atoms with Crippen LogP contribution in [0.2, 0.25) is 0 Å². The van der Waals surface area contributed by atoms with E-state index < -0.39 is 0 Å². The third kappa shape index (κ3) is 3.26. The van der Waals surface area contributed by atoms with Crippen molar-refractivity contribution in [2.75, 3.05) is 0 Å². The molecule has 0 saturated carbocycles. The standard InChI is InChI=1S/C40H30/c1-2-7-27-22-28(15-14-25(27)6-1)29-16-17-31-24-32(19-18-30(31)23-29)33-20-21-38-36-11-4-9-26-8-3-10-35(39(26)36)37-13-5-12-34(33)40(37)38/h1-3,5-10,12-15,18-19,22-24H,4,11,16-17,20-21H2. The van der Waals surface area contributed by atoms with Crippen LogP contribution in [-0.4, -0.2) is 0 Å². The second-order valence-electron chi connectivity index (χ2n) is 11.8. The quantitative estimate of drug-likeness (QED) is 0.205. The molecule has 0 unspecified atom stereocenters. The van der Waals surface area contributed by atoms with Crippen molar-refractivity contribution in [3.05, 3.63) is 141 Å². The average Bonchev–Trinajstić information content (AvgIpc) is 3.02. The molecule has 0 atom stereocenters. The van der Waals surface area contributed by atoms with Gasteiger partial charge in [0.2, 0.25) is 0 Å². The zero-order valence-electron chi connectivity index (χ0n) is 22.6. The zero-order valence-corrected chi connectivity index (χ0v) is 22.6. The average molecular weight is 511 g/mol. The van der Waals surface area contributed by atoms with Gasteiger partial charge in [0.1, 0.15) is 0 Å². The summed E-state index contributed by atoms with van der Waals surface area (Å²) in [4.78, 5) is 0. The number of hydrogen-bond donors (Lipinski definition) is 0. The summed E-state index contributed by atoms with van der Waals surface area (Å²) in [5.74, 6) is 0. The maximum atomic E-state index is 2.50. The molecular formula is C40H30. The molecule has 3 aliphatic rings. The molecule has 0 amide bonds. The maximum absolute atomic E-state index is 2.50. The number of allylic oxidation sites excluding steroid dienone is 1. The van der Waals surface area contributed by atoms with Crippen molar-refractivity contribution in [3.63, 3.8) is 0 Å². The highest BCUT2D eigenvalue weighted by atomic mass is 14.3. The van der Waals surface area contributed by atoms with E-state index in [0.29, 0.717) is 0 Å². The summed E-state index contributed by atoms with van der Waals surface area (Å²) in [6, 6.07) is 36.8. The summed E-state index contributed by atoms with van der Waals surface area (Å²) in [6.07, 6.45) is 11.7. The van der Waals surface area contributed by atoms with E-state index in [9.17, 15) is 0 Å². The van der Waals surface area contributed by atoms with Gasteiger partial charge in [-0.25, -0.2) is 0 Å². The van der Waals surface area contributed by atoms with Gasteiger partial charge in [-0.1, -0.05) is 103 Å². The molecule has 0 N–H and O–H groups in total. The van der Waals surface area contributed by atoms with E-state index in [4.69, 9.17) is 0 Å². The molecule has 9 rings (SSSR count). The number of rotatable bonds is 2. The third-order valence-electron chi connectivity index (χ3n) is 9.73. The van der Waals surface area contributed by atoms with Crippen LogP contribution in [0.3, 0.4) is 0 Å². The van der Waals surface area contributed by atoms with E-state index >= 15 is 0 Å². The Morgan fingerprint density at radius 1 is 0.525 bits per heavy atom. The molecule has 0 nitrogen and oxygen atoms in total. The molecule has 0 fully saturated rings. The second kappa shape index (κ2) is 8.54. The lowest BCUT2D eigenvalue weighted by Gasteiger charge is -2.25. The van der Waals surface area contributed by atoms with Gasteiger partial charge in [0, 0.05) is 0 Å². The molecule has 0 heterocycles. The lowest BCUT2D eigenvalue weighted by Crippen LogP contribution is -2.20. The van der Waals surface area contributed by atoms with Gasteiger partial charge in [-0.3, -0.25) is 0 Å². The fourth-order valence-corrected chi connectivity index (χ4v) is 7.86. The van der Waals surface area contributed by atoms with Crippen molar-refractivity contribution in [2.24, 2.45) is 0 Å². The Kier molecular flexibility index (Phi) is 4.78. The Bertz CT molecular complexity index is 2210. The zero-order chi connectivity index (χ0) is 26.2. The first-order valence-electron chi connectivity index (χ1n) is 14.8. The van der Waals surface area contributed by atoms with E-state index in [0.717, 1.165) is 32.1 Å². The summed E-state index contributed by atoms with van der Waals surface area (Å²) in [7, 11) is 0. The van der Waals surface area contributed by atoms with Gasteiger partial charge in [-0.2, -0.15) is 0 Å². The third-order valence-corrected chi connectivity index (χ3v) is 9.73. The maximum Gasteiger partial charge on any atom is -0.00670 e. The summed E-state index contributed by atoms with van der Waals surface area (Å²) in [5, 5.41) is 11.4. The molecule has 0 heteroatoms. The molecule has 0 bridgehead atoms. The first kappa shape index (κ1) is 22.4. The van der Waals surface area contributed by atoms with Crippen LogP contribution in [0.5, 0.6) is 0 Å². The SMILES string of the molecule is C1=C(c2ccc3ccccc3c2)CCc2cc(C3=c4cccc5c4c(c4c6c(cccc65)=CCC4)CC3)ccc21. The Balaban J connectivity index is 1.20. The van der Waals surface area contributed by atoms with Crippen LogP contribution in [0.25, 0.3) is 55.6 Å². The van der Waals surface area contributed by atoms with Crippen LogP contribution in [0, 0.1) is 0 Å². The van der Waals surface area contributed by atoms with Crippen molar-refractivity contribution in [1.29, 1.82) is 0 Å². The van der Waals surface area contributed by atoms with Crippen molar-refractivity contribution in [2.45, 2.75) is 38.5 Å². The minimum Gasteiger partial charge on any atom is -0.0763 e. The van der Waals surface area contributed by atoms with Crippen molar-refractivity contribution in [1.82, 2.24) is 0 Å². The van der Waals surface area contributed by atoms with E-state index in [1.165, 1.54) is 82.6 Å². The number of benzene rings is 6. The molecule has 0 aromatic heterocycles. The van der Waals surface area contributed by atoms with Crippen molar-refractivity contribution < 1.29 is 0 Å². The Morgan fingerprint density at radius 3 is 2.30 bits per heavy atom. The minimum absolute atomic E-state index is 1.09. The number of fused-ring (bicyclic) bond motifs is 4. The van der Waals surface area contributed by atoms with Gasteiger partial charge in [-0.15, -0.1) is 0 Å². The first-order chi connectivity index (χ1) is 19.8. The van der Waals surface area contributed by atoms with Crippen LogP contribution in [-0.2, 0) is 19.3 Å². The fraction of sp³-hybridized carbons (Fsp3) is 0.150. The van der Waals surface area contributed by atoms with Gasteiger partial charge in [0.15, 0.2) is 0 Å². The minimum atomic E-state index is 1.09. The molecular weight excluding hydrogens is 480 g/mol. The molecule has 0 spiro atoms. The summed E-state index contributed by atoms with van der Waals surface area (Å²) < 4.78 is 0. The monoisotopic (exact) mass is 510 g/mol. The van der Waals surface area contributed by atoms with Crippen LogP contribution in [0.15, 0.2) is 97.1 Å². The lowest BCUT2D eigenvalue weighted by molar-refractivity contribution is 0.944. The second-order valence-corrected chi connectivity index (χ2v) is 11.8. The highest BCUT2D eigenvalue weighted by Gasteiger charge is 2.22. The molecule has 0 aliphatic heterocycles. The smallest absolute Gasteiger partial charge is 0.00670 e. The number of aryl methyl sites for hydroxylation is 3. The molecule has 0 radical (unpaired) electrons. The van der Waals surface area contributed by atoms with Gasteiger partial charge >= 0.3 is 0 Å². The van der Waals surface area contributed by atoms with E-state index in [1.54, 1.807) is 11.1 Å².